The molecule has 0 N–H and O–H groups in total. The van der Waals surface area contributed by atoms with Crippen molar-refractivity contribution >= 4 is 5.91 Å². The van der Waals surface area contributed by atoms with E-state index in [4.69, 9.17) is 0 Å². The third kappa shape index (κ3) is 1.22. The van der Waals surface area contributed by atoms with Crippen molar-refractivity contribution in [1.29, 1.82) is 0 Å². The predicted octanol–water partition coefficient (Wildman–Crippen LogP) is 0.595. The van der Waals surface area contributed by atoms with Crippen LogP contribution in [0, 0.1) is 6.42 Å². The maximum Gasteiger partial charge on any atom is 0.471 e. The Bertz CT molecular complexity index is 149. The molecule has 1 aliphatic heterocycles. The molecule has 0 bridgehead atoms. The van der Waals surface area contributed by atoms with Gasteiger partial charge in [0.05, 0.1) is 0 Å². The molecule has 5 heteroatoms. The first-order valence-electron chi connectivity index (χ1n) is 2.69. The molecule has 57 valence electrons. The number of carbonyl (C=O) groups is 1. The van der Waals surface area contributed by atoms with E-state index in [1.807, 2.05) is 0 Å². The van der Waals surface area contributed by atoms with E-state index in [0.29, 0.717) is 0 Å². The molecule has 1 radical (unpaired) electrons. The number of amides is 1. The van der Waals surface area contributed by atoms with Crippen LogP contribution in [-0.4, -0.2) is 30.1 Å². The highest BCUT2D eigenvalue weighted by atomic mass is 19.4. The van der Waals surface area contributed by atoms with Crippen LogP contribution in [0.2, 0.25) is 0 Å². The minimum Gasteiger partial charge on any atom is -0.334 e. The van der Waals surface area contributed by atoms with Crippen molar-refractivity contribution in [3.8, 4) is 0 Å². The van der Waals surface area contributed by atoms with Crippen LogP contribution < -0.4 is 0 Å². The fraction of sp³-hybridized carbons (Fsp3) is 0.600. The van der Waals surface area contributed by atoms with Crippen molar-refractivity contribution in [1.82, 2.24) is 4.90 Å². The Labute approximate surface area is 55.6 Å². The molecular weight excluding hydrogens is 147 g/mol. The molecule has 1 amide bonds. The molecule has 1 rings (SSSR count). The summed E-state index contributed by atoms with van der Waals surface area (Å²) in [4.78, 5) is 11.0. The Morgan fingerprint density at radius 2 is 1.90 bits per heavy atom. The summed E-state index contributed by atoms with van der Waals surface area (Å²) in [6, 6.07) is 0. The van der Waals surface area contributed by atoms with Crippen molar-refractivity contribution in [2.75, 3.05) is 13.1 Å². The predicted molar refractivity (Wildman–Crippen MR) is 26.9 cm³/mol. The fourth-order valence-electron chi connectivity index (χ4n) is 0.603. The molecule has 2 nitrogen and oxygen atoms in total. The zero-order chi connectivity index (χ0) is 7.78. The number of rotatable bonds is 0. The number of hydrogen-bond donors (Lipinski definition) is 0. The number of hydrogen-bond acceptors (Lipinski definition) is 1. The quantitative estimate of drug-likeness (QED) is 0.497. The molecule has 0 unspecified atom stereocenters. The largest absolute Gasteiger partial charge is 0.471 e. The van der Waals surface area contributed by atoms with Crippen LogP contribution in [0.4, 0.5) is 13.2 Å². The van der Waals surface area contributed by atoms with Crippen molar-refractivity contribution in [3.63, 3.8) is 0 Å². The lowest BCUT2D eigenvalue weighted by atomic mass is 10.2. The van der Waals surface area contributed by atoms with Crippen molar-refractivity contribution in [2.45, 2.75) is 6.18 Å². The Kier molecular flexibility index (Phi) is 1.58. The summed E-state index contributed by atoms with van der Waals surface area (Å²) in [6.07, 6.45) is -3.10. The van der Waals surface area contributed by atoms with E-state index < -0.39 is 12.1 Å². The second-order valence-corrected chi connectivity index (χ2v) is 2.00. The van der Waals surface area contributed by atoms with E-state index in [9.17, 15) is 18.0 Å². The van der Waals surface area contributed by atoms with E-state index in [1.165, 1.54) is 0 Å². The van der Waals surface area contributed by atoms with Gasteiger partial charge in [0.2, 0.25) is 0 Å². The van der Waals surface area contributed by atoms with Crippen LogP contribution in [0.1, 0.15) is 0 Å². The summed E-state index contributed by atoms with van der Waals surface area (Å²) < 4.78 is 34.5. The molecule has 1 heterocycles. The monoisotopic (exact) mass is 152 g/mol. The molecule has 1 fully saturated rings. The first-order valence-corrected chi connectivity index (χ1v) is 2.69. The average Bonchev–Trinajstić information content (AvgIpc) is 1.57. The van der Waals surface area contributed by atoms with E-state index in [1.54, 1.807) is 6.42 Å². The van der Waals surface area contributed by atoms with Crippen LogP contribution >= 0.6 is 0 Å². The van der Waals surface area contributed by atoms with Gasteiger partial charge in [-0.05, 0) is 0 Å². The molecule has 0 aromatic carbocycles. The maximum absolute atomic E-state index is 11.5. The van der Waals surface area contributed by atoms with Crippen LogP contribution in [0.3, 0.4) is 0 Å². The molecule has 0 aliphatic carbocycles. The third-order valence-electron chi connectivity index (χ3n) is 1.23. The molecule has 10 heavy (non-hydrogen) atoms. The molecular formula is C5H5F3NO. The minimum atomic E-state index is -4.70. The van der Waals surface area contributed by atoms with Crippen molar-refractivity contribution < 1.29 is 18.0 Å². The van der Waals surface area contributed by atoms with Gasteiger partial charge in [0, 0.05) is 19.5 Å². The number of nitrogens with zero attached hydrogens (tertiary/aromatic N) is 1. The van der Waals surface area contributed by atoms with Crippen LogP contribution in [-0.2, 0) is 4.79 Å². The van der Waals surface area contributed by atoms with Gasteiger partial charge in [-0.1, -0.05) is 0 Å². The van der Waals surface area contributed by atoms with Gasteiger partial charge in [0.15, 0.2) is 0 Å². The topological polar surface area (TPSA) is 20.3 Å². The Morgan fingerprint density at radius 1 is 1.40 bits per heavy atom. The highest BCUT2D eigenvalue weighted by Crippen LogP contribution is 2.20. The Balaban J connectivity index is 2.48. The third-order valence-corrected chi connectivity index (χ3v) is 1.23. The van der Waals surface area contributed by atoms with Gasteiger partial charge in [0.1, 0.15) is 0 Å². The van der Waals surface area contributed by atoms with Gasteiger partial charge in [0.25, 0.3) is 0 Å². The zero-order valence-electron chi connectivity index (χ0n) is 4.98. The highest BCUT2D eigenvalue weighted by molar-refractivity contribution is 5.82. The summed E-state index contributed by atoms with van der Waals surface area (Å²) in [5.41, 5.74) is 0. The van der Waals surface area contributed by atoms with Gasteiger partial charge >= 0.3 is 12.1 Å². The smallest absolute Gasteiger partial charge is 0.334 e. The molecule has 1 aliphatic rings. The van der Waals surface area contributed by atoms with Gasteiger partial charge in [-0.3, -0.25) is 4.79 Å². The molecule has 0 aromatic heterocycles. The highest BCUT2D eigenvalue weighted by Gasteiger charge is 2.43. The Hall–Kier alpha value is -0.740. The number of halogens is 3. The Morgan fingerprint density at radius 3 is 2.00 bits per heavy atom. The fourth-order valence-corrected chi connectivity index (χ4v) is 0.603. The number of alkyl halides is 3. The van der Waals surface area contributed by atoms with Crippen LogP contribution in [0.15, 0.2) is 0 Å². The van der Waals surface area contributed by atoms with Gasteiger partial charge in [-0.15, -0.1) is 0 Å². The van der Waals surface area contributed by atoms with Crippen LogP contribution in [0.25, 0.3) is 0 Å². The zero-order valence-corrected chi connectivity index (χ0v) is 4.98. The lowest BCUT2D eigenvalue weighted by Gasteiger charge is -2.30. The first kappa shape index (κ1) is 7.37. The second-order valence-electron chi connectivity index (χ2n) is 2.00. The van der Waals surface area contributed by atoms with E-state index in [-0.39, 0.29) is 13.1 Å². The number of likely N-dealkylation sites (tertiary alicyclic amines) is 1. The summed E-state index contributed by atoms with van der Waals surface area (Å²) in [5.74, 6) is -1.74. The lowest BCUT2D eigenvalue weighted by Crippen LogP contribution is -2.49. The van der Waals surface area contributed by atoms with Gasteiger partial charge < -0.3 is 4.90 Å². The molecule has 0 aromatic rings. The normalized spacial score (nSPS) is 18.5. The minimum absolute atomic E-state index is 0.123. The maximum atomic E-state index is 11.5. The average molecular weight is 152 g/mol. The van der Waals surface area contributed by atoms with Crippen molar-refractivity contribution in [3.05, 3.63) is 6.42 Å². The second kappa shape index (κ2) is 2.14. The standard InChI is InChI=1S/C5H5F3NO/c6-5(7,8)4(10)9-2-1-3-9/h1H,2-3H2. The van der Waals surface area contributed by atoms with Crippen molar-refractivity contribution in [2.24, 2.45) is 0 Å². The summed E-state index contributed by atoms with van der Waals surface area (Å²) in [6.45, 7) is 0.247. The van der Waals surface area contributed by atoms with Gasteiger partial charge in [-0.2, -0.15) is 13.2 Å². The van der Waals surface area contributed by atoms with E-state index in [2.05, 4.69) is 0 Å². The number of carbonyl (C=O) groups excluding carboxylic acids is 1. The van der Waals surface area contributed by atoms with E-state index >= 15 is 0 Å². The van der Waals surface area contributed by atoms with Gasteiger partial charge in [-0.25, -0.2) is 0 Å². The summed E-state index contributed by atoms with van der Waals surface area (Å²) in [7, 11) is 0. The summed E-state index contributed by atoms with van der Waals surface area (Å²) in [5, 5.41) is 0. The molecule has 0 spiro atoms. The molecule has 1 saturated heterocycles. The SMILES string of the molecule is O=C(N1C[CH]C1)C(F)(F)F. The molecule has 0 saturated carbocycles. The lowest BCUT2D eigenvalue weighted by molar-refractivity contribution is -0.187. The molecule has 0 atom stereocenters. The van der Waals surface area contributed by atoms with Crippen LogP contribution in [0.5, 0.6) is 0 Å². The summed E-state index contributed by atoms with van der Waals surface area (Å²) >= 11 is 0. The first-order chi connectivity index (χ1) is 4.52. The van der Waals surface area contributed by atoms with E-state index in [0.717, 1.165) is 4.90 Å².